The molecule has 4 aromatic rings. The number of ether oxygens (including phenoxy) is 1. The number of rotatable bonds is 5. The van der Waals surface area contributed by atoms with E-state index in [0.717, 1.165) is 24.6 Å². The van der Waals surface area contributed by atoms with Crippen LogP contribution in [0, 0.1) is 12.7 Å². The highest BCUT2D eigenvalue weighted by Gasteiger charge is 2.21. The first-order valence-electron chi connectivity index (χ1n) is 10.0. The van der Waals surface area contributed by atoms with E-state index in [0.29, 0.717) is 29.7 Å². The number of hydrogen-bond donors (Lipinski definition) is 1. The molecule has 31 heavy (non-hydrogen) atoms. The topological polar surface area (TPSA) is 68.1 Å². The highest BCUT2D eigenvalue weighted by molar-refractivity contribution is 5.61. The molecule has 0 amide bonds. The summed E-state index contributed by atoms with van der Waals surface area (Å²) in [6.07, 6.45) is 5.02. The highest BCUT2D eigenvalue weighted by atomic mass is 19.1. The van der Waals surface area contributed by atoms with Crippen molar-refractivity contribution in [2.75, 3.05) is 23.4 Å². The number of aromatic nitrogens is 4. The van der Waals surface area contributed by atoms with Crippen LogP contribution in [-0.2, 0) is 6.54 Å². The van der Waals surface area contributed by atoms with Gasteiger partial charge in [-0.3, -0.25) is 0 Å². The van der Waals surface area contributed by atoms with Crippen LogP contribution in [-0.4, -0.2) is 32.7 Å². The quantitative estimate of drug-likeness (QED) is 0.525. The lowest BCUT2D eigenvalue weighted by molar-refractivity contribution is 0.303. The van der Waals surface area contributed by atoms with Crippen molar-refractivity contribution in [3.8, 4) is 11.4 Å². The van der Waals surface area contributed by atoms with E-state index in [2.05, 4.69) is 37.3 Å². The zero-order chi connectivity index (χ0) is 21.2. The molecule has 0 bridgehead atoms. The summed E-state index contributed by atoms with van der Waals surface area (Å²) in [5.41, 5.74) is 3.01. The van der Waals surface area contributed by atoms with E-state index in [4.69, 9.17) is 4.74 Å². The van der Waals surface area contributed by atoms with Crippen LogP contribution in [0.5, 0.6) is 5.75 Å². The lowest BCUT2D eigenvalue weighted by Crippen LogP contribution is -2.33. The van der Waals surface area contributed by atoms with E-state index < -0.39 is 0 Å². The summed E-state index contributed by atoms with van der Waals surface area (Å²) in [6, 6.07) is 15.1. The van der Waals surface area contributed by atoms with Crippen LogP contribution in [0.4, 0.5) is 21.8 Å². The van der Waals surface area contributed by atoms with Crippen LogP contribution < -0.4 is 15.0 Å². The van der Waals surface area contributed by atoms with Gasteiger partial charge in [0.1, 0.15) is 12.4 Å². The Bertz CT molecular complexity index is 1210. The predicted molar refractivity (Wildman–Crippen MR) is 117 cm³/mol. The standard InChI is InChI=1S/C23H21FN6O/c1-16-13-30(15-26-16)20-8-7-18(11-19(20)24)27-23-25-12-21-22(28-23)29(9-10-31-21)14-17-5-3-2-4-6-17/h2-8,11-13,15H,9-10,14H2,1H3,(H,25,27,28). The number of nitrogens with zero attached hydrogens (tertiary/aromatic N) is 5. The minimum absolute atomic E-state index is 0.366. The molecule has 7 nitrogen and oxygen atoms in total. The number of imidazole rings is 1. The maximum absolute atomic E-state index is 14.7. The fraction of sp³-hybridized carbons (Fsp3) is 0.174. The Morgan fingerprint density at radius 3 is 2.77 bits per heavy atom. The van der Waals surface area contributed by atoms with Crippen molar-refractivity contribution in [1.29, 1.82) is 0 Å². The van der Waals surface area contributed by atoms with E-state index in [1.165, 1.54) is 11.6 Å². The zero-order valence-corrected chi connectivity index (χ0v) is 17.0. The highest BCUT2D eigenvalue weighted by Crippen LogP contribution is 2.31. The summed E-state index contributed by atoms with van der Waals surface area (Å²) in [5.74, 6) is 1.38. The third-order valence-corrected chi connectivity index (χ3v) is 5.06. The molecule has 1 aliphatic heterocycles. The second-order valence-electron chi connectivity index (χ2n) is 7.35. The average molecular weight is 416 g/mol. The van der Waals surface area contributed by atoms with Gasteiger partial charge in [-0.25, -0.2) is 14.4 Å². The minimum atomic E-state index is -0.366. The Morgan fingerprint density at radius 1 is 1.13 bits per heavy atom. The molecule has 0 aliphatic carbocycles. The van der Waals surface area contributed by atoms with E-state index in [1.54, 1.807) is 35.4 Å². The van der Waals surface area contributed by atoms with Crippen molar-refractivity contribution in [1.82, 2.24) is 19.5 Å². The average Bonchev–Trinajstić information content (AvgIpc) is 3.21. The molecule has 3 heterocycles. The summed E-state index contributed by atoms with van der Waals surface area (Å²) in [7, 11) is 0. The monoisotopic (exact) mass is 416 g/mol. The molecule has 0 saturated heterocycles. The first-order chi connectivity index (χ1) is 15.2. The largest absolute Gasteiger partial charge is 0.486 e. The van der Waals surface area contributed by atoms with Gasteiger partial charge >= 0.3 is 0 Å². The van der Waals surface area contributed by atoms with Gasteiger partial charge in [-0.05, 0) is 30.7 Å². The van der Waals surface area contributed by atoms with Gasteiger partial charge in [0.2, 0.25) is 5.95 Å². The summed E-state index contributed by atoms with van der Waals surface area (Å²) >= 11 is 0. The summed E-state index contributed by atoms with van der Waals surface area (Å²) in [4.78, 5) is 15.3. The van der Waals surface area contributed by atoms with Crippen molar-refractivity contribution in [3.05, 3.63) is 84.3 Å². The molecule has 8 heteroatoms. The molecule has 0 fully saturated rings. The Hall–Kier alpha value is -3.94. The normalized spacial score (nSPS) is 12.9. The Balaban J connectivity index is 1.38. The molecule has 156 valence electrons. The number of fused-ring (bicyclic) bond motifs is 1. The number of hydrogen-bond acceptors (Lipinski definition) is 6. The summed E-state index contributed by atoms with van der Waals surface area (Å²) in [6.45, 7) is 3.90. The van der Waals surface area contributed by atoms with Crippen molar-refractivity contribution < 1.29 is 9.13 Å². The smallest absolute Gasteiger partial charge is 0.229 e. The van der Waals surface area contributed by atoms with Gasteiger partial charge in [0.25, 0.3) is 0 Å². The van der Waals surface area contributed by atoms with Crippen LogP contribution in [0.1, 0.15) is 11.3 Å². The van der Waals surface area contributed by atoms with Gasteiger partial charge in [0, 0.05) is 18.4 Å². The first-order valence-corrected chi connectivity index (χ1v) is 10.0. The van der Waals surface area contributed by atoms with E-state index >= 15 is 0 Å². The van der Waals surface area contributed by atoms with E-state index in [1.807, 2.05) is 25.1 Å². The van der Waals surface area contributed by atoms with Crippen molar-refractivity contribution in [2.45, 2.75) is 13.5 Å². The van der Waals surface area contributed by atoms with Crippen LogP contribution in [0.15, 0.2) is 67.3 Å². The molecule has 0 unspecified atom stereocenters. The fourth-order valence-electron chi connectivity index (χ4n) is 3.56. The second kappa shape index (κ2) is 8.06. The fourth-order valence-corrected chi connectivity index (χ4v) is 3.56. The lowest BCUT2D eigenvalue weighted by atomic mass is 10.2. The summed E-state index contributed by atoms with van der Waals surface area (Å²) in [5, 5.41) is 3.09. The molecular formula is C23H21FN6O. The molecule has 2 aromatic carbocycles. The van der Waals surface area contributed by atoms with Crippen LogP contribution >= 0.6 is 0 Å². The lowest BCUT2D eigenvalue weighted by Gasteiger charge is -2.30. The minimum Gasteiger partial charge on any atom is -0.486 e. The second-order valence-corrected chi connectivity index (χ2v) is 7.35. The van der Waals surface area contributed by atoms with E-state index in [9.17, 15) is 4.39 Å². The summed E-state index contributed by atoms with van der Waals surface area (Å²) < 4.78 is 22.0. The number of anilines is 3. The number of nitrogens with one attached hydrogen (secondary N) is 1. The van der Waals surface area contributed by atoms with Gasteiger partial charge in [0.15, 0.2) is 11.6 Å². The van der Waals surface area contributed by atoms with Crippen molar-refractivity contribution in [3.63, 3.8) is 0 Å². The van der Waals surface area contributed by atoms with Crippen molar-refractivity contribution >= 4 is 17.5 Å². The molecule has 2 aromatic heterocycles. The van der Waals surface area contributed by atoms with Crippen LogP contribution in [0.3, 0.4) is 0 Å². The Morgan fingerprint density at radius 2 is 2.00 bits per heavy atom. The third-order valence-electron chi connectivity index (χ3n) is 5.06. The van der Waals surface area contributed by atoms with Gasteiger partial charge in [-0.15, -0.1) is 0 Å². The van der Waals surface area contributed by atoms with Crippen LogP contribution in [0.25, 0.3) is 5.69 Å². The Labute approximate surface area is 179 Å². The first kappa shape index (κ1) is 19.0. The zero-order valence-electron chi connectivity index (χ0n) is 17.0. The molecule has 5 rings (SSSR count). The van der Waals surface area contributed by atoms with Gasteiger partial charge in [-0.2, -0.15) is 4.98 Å². The maximum Gasteiger partial charge on any atom is 0.229 e. The third kappa shape index (κ3) is 4.05. The molecule has 1 N–H and O–H groups in total. The molecule has 0 atom stereocenters. The number of benzene rings is 2. The molecule has 0 saturated carbocycles. The maximum atomic E-state index is 14.7. The van der Waals surface area contributed by atoms with Gasteiger partial charge in [0.05, 0.1) is 30.5 Å². The SMILES string of the molecule is Cc1cn(-c2ccc(Nc3ncc4c(n3)N(Cc3ccccc3)CCO4)cc2F)cn1. The van der Waals surface area contributed by atoms with Crippen LogP contribution in [0.2, 0.25) is 0 Å². The molecule has 1 aliphatic rings. The van der Waals surface area contributed by atoms with Crippen molar-refractivity contribution in [2.24, 2.45) is 0 Å². The van der Waals surface area contributed by atoms with Gasteiger partial charge < -0.3 is 19.5 Å². The Kier molecular flexibility index (Phi) is 4.95. The molecule has 0 spiro atoms. The molecular weight excluding hydrogens is 395 g/mol. The van der Waals surface area contributed by atoms with Gasteiger partial charge in [-0.1, -0.05) is 30.3 Å². The number of halogens is 1. The van der Waals surface area contributed by atoms with E-state index in [-0.39, 0.29) is 5.82 Å². The molecule has 0 radical (unpaired) electrons. The predicted octanol–water partition coefficient (Wildman–Crippen LogP) is 4.25. The number of aryl methyl sites for hydroxylation is 1.